The van der Waals surface area contributed by atoms with Gasteiger partial charge in [0, 0.05) is 18.4 Å². The van der Waals surface area contributed by atoms with E-state index in [0.29, 0.717) is 5.56 Å². The fourth-order valence-electron chi connectivity index (χ4n) is 2.16. The SMILES string of the molecule is C[C@H](OC(=O)c1ccncc1)C(=O)NC1CCCC1. The third-order valence-electron chi connectivity index (χ3n) is 3.27. The first-order chi connectivity index (χ1) is 9.16. The monoisotopic (exact) mass is 262 g/mol. The Kier molecular flexibility index (Phi) is 4.49. The largest absolute Gasteiger partial charge is 0.449 e. The lowest BCUT2D eigenvalue weighted by atomic mass is 10.2. The number of amides is 1. The highest BCUT2D eigenvalue weighted by atomic mass is 16.5. The van der Waals surface area contributed by atoms with Crippen LogP contribution in [0.1, 0.15) is 43.0 Å². The van der Waals surface area contributed by atoms with Crippen molar-refractivity contribution in [1.82, 2.24) is 10.3 Å². The van der Waals surface area contributed by atoms with Crippen molar-refractivity contribution >= 4 is 11.9 Å². The van der Waals surface area contributed by atoms with Gasteiger partial charge in [0.2, 0.25) is 0 Å². The van der Waals surface area contributed by atoms with Gasteiger partial charge in [0.05, 0.1) is 5.56 Å². The molecule has 5 heteroatoms. The lowest BCUT2D eigenvalue weighted by Crippen LogP contribution is -2.40. The van der Waals surface area contributed by atoms with Crippen LogP contribution in [0.4, 0.5) is 0 Å². The molecule has 1 N–H and O–H groups in total. The van der Waals surface area contributed by atoms with Crippen LogP contribution in [0.5, 0.6) is 0 Å². The zero-order valence-corrected chi connectivity index (χ0v) is 11.0. The van der Waals surface area contributed by atoms with Gasteiger partial charge in [0.15, 0.2) is 6.10 Å². The smallest absolute Gasteiger partial charge is 0.339 e. The van der Waals surface area contributed by atoms with E-state index in [-0.39, 0.29) is 11.9 Å². The lowest BCUT2D eigenvalue weighted by molar-refractivity contribution is -0.129. The average molecular weight is 262 g/mol. The van der Waals surface area contributed by atoms with E-state index >= 15 is 0 Å². The normalized spacial score (nSPS) is 16.9. The van der Waals surface area contributed by atoms with Gasteiger partial charge >= 0.3 is 5.97 Å². The summed E-state index contributed by atoms with van der Waals surface area (Å²) in [6, 6.07) is 3.35. The molecule has 1 aromatic heterocycles. The topological polar surface area (TPSA) is 68.3 Å². The van der Waals surface area contributed by atoms with Crippen molar-refractivity contribution in [2.75, 3.05) is 0 Å². The second kappa shape index (κ2) is 6.31. The third kappa shape index (κ3) is 3.77. The summed E-state index contributed by atoms with van der Waals surface area (Å²) in [6.45, 7) is 1.59. The van der Waals surface area contributed by atoms with E-state index in [0.717, 1.165) is 25.7 Å². The van der Waals surface area contributed by atoms with Gasteiger partial charge in [-0.1, -0.05) is 12.8 Å². The second-order valence-corrected chi connectivity index (χ2v) is 4.77. The van der Waals surface area contributed by atoms with E-state index < -0.39 is 12.1 Å². The van der Waals surface area contributed by atoms with Crippen LogP contribution in [0, 0.1) is 0 Å². The number of esters is 1. The summed E-state index contributed by atoms with van der Waals surface area (Å²) in [5.74, 6) is -0.731. The maximum Gasteiger partial charge on any atom is 0.339 e. The molecule has 1 heterocycles. The minimum absolute atomic E-state index is 0.227. The number of aromatic nitrogens is 1. The van der Waals surface area contributed by atoms with Gasteiger partial charge < -0.3 is 10.1 Å². The fraction of sp³-hybridized carbons (Fsp3) is 0.500. The van der Waals surface area contributed by atoms with Crippen LogP contribution in [0.3, 0.4) is 0 Å². The number of rotatable bonds is 4. The molecule has 0 unspecified atom stereocenters. The van der Waals surface area contributed by atoms with Crippen LogP contribution >= 0.6 is 0 Å². The third-order valence-corrected chi connectivity index (χ3v) is 3.27. The van der Waals surface area contributed by atoms with Crippen LogP contribution in [-0.2, 0) is 9.53 Å². The van der Waals surface area contributed by atoms with Crippen molar-refractivity contribution in [1.29, 1.82) is 0 Å². The maximum atomic E-state index is 11.9. The van der Waals surface area contributed by atoms with Crippen molar-refractivity contribution in [3.8, 4) is 0 Å². The molecule has 1 aliphatic rings. The Hall–Kier alpha value is -1.91. The summed E-state index contributed by atoms with van der Waals surface area (Å²) >= 11 is 0. The molecule has 1 amide bonds. The first-order valence-corrected chi connectivity index (χ1v) is 6.58. The summed E-state index contributed by atoms with van der Waals surface area (Å²) in [4.78, 5) is 27.5. The molecule has 0 aliphatic heterocycles. The predicted octanol–water partition coefficient (Wildman–Crippen LogP) is 1.69. The number of pyridine rings is 1. The van der Waals surface area contributed by atoms with Gasteiger partial charge in [-0.3, -0.25) is 9.78 Å². The average Bonchev–Trinajstić information content (AvgIpc) is 2.92. The Labute approximate surface area is 112 Å². The molecule has 1 saturated carbocycles. The molecular weight excluding hydrogens is 244 g/mol. The van der Waals surface area contributed by atoms with Crippen molar-refractivity contribution < 1.29 is 14.3 Å². The number of ether oxygens (including phenoxy) is 1. The van der Waals surface area contributed by atoms with Crippen LogP contribution in [0.2, 0.25) is 0 Å². The van der Waals surface area contributed by atoms with Gasteiger partial charge in [-0.25, -0.2) is 4.79 Å². The summed E-state index contributed by atoms with van der Waals surface area (Å²) in [6.07, 6.45) is 6.57. The minimum atomic E-state index is -0.777. The zero-order valence-electron chi connectivity index (χ0n) is 11.0. The fourth-order valence-corrected chi connectivity index (χ4v) is 2.16. The molecule has 0 radical (unpaired) electrons. The minimum Gasteiger partial charge on any atom is -0.449 e. The summed E-state index contributed by atoms with van der Waals surface area (Å²) in [7, 11) is 0. The predicted molar refractivity (Wildman–Crippen MR) is 69.5 cm³/mol. The Morgan fingerprint density at radius 3 is 2.58 bits per heavy atom. The zero-order chi connectivity index (χ0) is 13.7. The molecule has 19 heavy (non-hydrogen) atoms. The van der Waals surface area contributed by atoms with Crippen LogP contribution in [0.15, 0.2) is 24.5 Å². The molecule has 1 atom stereocenters. The highest BCUT2D eigenvalue weighted by molar-refractivity contribution is 5.92. The van der Waals surface area contributed by atoms with Gasteiger partial charge in [-0.05, 0) is 31.9 Å². The maximum absolute atomic E-state index is 11.9. The first-order valence-electron chi connectivity index (χ1n) is 6.58. The first kappa shape index (κ1) is 13.5. The molecule has 1 aliphatic carbocycles. The number of nitrogens with one attached hydrogen (secondary N) is 1. The standard InChI is InChI=1S/C14H18N2O3/c1-10(13(17)16-12-4-2-3-5-12)19-14(18)11-6-8-15-9-7-11/h6-10,12H,2-5H2,1H3,(H,16,17)/t10-/m0/s1. The van der Waals surface area contributed by atoms with Crippen LogP contribution in [-0.4, -0.2) is 29.0 Å². The molecule has 2 rings (SSSR count). The number of hydrogen-bond acceptors (Lipinski definition) is 4. The number of nitrogens with zero attached hydrogens (tertiary/aromatic N) is 1. The lowest BCUT2D eigenvalue weighted by Gasteiger charge is -2.17. The Morgan fingerprint density at radius 1 is 1.32 bits per heavy atom. The Morgan fingerprint density at radius 2 is 1.95 bits per heavy atom. The Balaban J connectivity index is 1.84. The highest BCUT2D eigenvalue weighted by Gasteiger charge is 2.23. The molecule has 1 aromatic rings. The molecule has 5 nitrogen and oxygen atoms in total. The second-order valence-electron chi connectivity index (χ2n) is 4.77. The van der Waals surface area contributed by atoms with Gasteiger partial charge in [-0.2, -0.15) is 0 Å². The van der Waals surface area contributed by atoms with E-state index in [1.54, 1.807) is 19.1 Å². The summed E-state index contributed by atoms with van der Waals surface area (Å²) in [5.41, 5.74) is 0.399. The Bertz CT molecular complexity index is 441. The van der Waals surface area contributed by atoms with E-state index in [1.807, 2.05) is 0 Å². The molecule has 0 aromatic carbocycles. The molecule has 0 saturated heterocycles. The van der Waals surface area contributed by atoms with Crippen molar-refractivity contribution in [2.24, 2.45) is 0 Å². The van der Waals surface area contributed by atoms with Crippen molar-refractivity contribution in [3.05, 3.63) is 30.1 Å². The van der Waals surface area contributed by atoms with Gasteiger partial charge in [0.25, 0.3) is 5.91 Å². The summed E-state index contributed by atoms with van der Waals surface area (Å²) < 4.78 is 5.13. The number of hydrogen-bond donors (Lipinski definition) is 1. The number of carbonyl (C=O) groups is 2. The molecule has 1 fully saturated rings. The van der Waals surface area contributed by atoms with Crippen LogP contribution < -0.4 is 5.32 Å². The van der Waals surface area contributed by atoms with Crippen molar-refractivity contribution in [3.63, 3.8) is 0 Å². The molecular formula is C14H18N2O3. The molecule has 102 valence electrons. The van der Waals surface area contributed by atoms with Crippen molar-refractivity contribution in [2.45, 2.75) is 44.8 Å². The molecule has 0 spiro atoms. The van der Waals surface area contributed by atoms with Crippen LogP contribution in [0.25, 0.3) is 0 Å². The van der Waals surface area contributed by atoms with E-state index in [9.17, 15) is 9.59 Å². The quantitative estimate of drug-likeness (QED) is 0.838. The van der Waals surface area contributed by atoms with E-state index in [1.165, 1.54) is 12.4 Å². The van der Waals surface area contributed by atoms with Gasteiger partial charge in [-0.15, -0.1) is 0 Å². The van der Waals surface area contributed by atoms with E-state index in [4.69, 9.17) is 4.74 Å². The highest BCUT2D eigenvalue weighted by Crippen LogP contribution is 2.17. The van der Waals surface area contributed by atoms with Gasteiger partial charge in [0.1, 0.15) is 0 Å². The van der Waals surface area contributed by atoms with E-state index in [2.05, 4.69) is 10.3 Å². The summed E-state index contributed by atoms with van der Waals surface area (Å²) in [5, 5.41) is 2.91. The number of carbonyl (C=O) groups excluding carboxylic acids is 2. The molecule has 0 bridgehead atoms.